The van der Waals surface area contributed by atoms with E-state index < -0.39 is 0 Å². The summed E-state index contributed by atoms with van der Waals surface area (Å²) in [5.41, 5.74) is 1.19. The molecule has 128 valence electrons. The largest absolute Gasteiger partial charge is 0.304 e. The quantitative estimate of drug-likeness (QED) is 0.805. The molecule has 0 N–H and O–H groups in total. The van der Waals surface area contributed by atoms with Gasteiger partial charge in [0.05, 0.1) is 5.69 Å². The smallest absolute Gasteiger partial charge is 0.0543 e. The van der Waals surface area contributed by atoms with Crippen molar-refractivity contribution in [2.75, 3.05) is 72.5 Å². The van der Waals surface area contributed by atoms with Gasteiger partial charge in [0.2, 0.25) is 0 Å². The third-order valence-electron chi connectivity index (χ3n) is 5.12. The van der Waals surface area contributed by atoms with Crippen molar-refractivity contribution in [3.63, 3.8) is 0 Å². The summed E-state index contributed by atoms with van der Waals surface area (Å²) in [6, 6.07) is 6.24. The standard InChI is InChI=1S/C18H31N5/c1-20-9-11-21-7-4-8-23(17-18-5-2-3-6-19-18)16-15-22(12-10-20)14-13-21/h2-3,5-6H,4,7-17H2,1H3. The Morgan fingerprint density at radius 2 is 1.52 bits per heavy atom. The van der Waals surface area contributed by atoms with Gasteiger partial charge in [0.1, 0.15) is 0 Å². The van der Waals surface area contributed by atoms with E-state index in [0.29, 0.717) is 0 Å². The van der Waals surface area contributed by atoms with E-state index in [1.165, 1.54) is 71.0 Å². The van der Waals surface area contributed by atoms with Crippen molar-refractivity contribution in [1.29, 1.82) is 0 Å². The maximum absolute atomic E-state index is 4.50. The van der Waals surface area contributed by atoms with Crippen LogP contribution in [0.2, 0.25) is 0 Å². The zero-order valence-electron chi connectivity index (χ0n) is 14.5. The lowest BCUT2D eigenvalue weighted by atomic mass is 10.2. The first-order chi connectivity index (χ1) is 11.3. The molecule has 1 aromatic rings. The fourth-order valence-electron chi connectivity index (χ4n) is 3.48. The number of hydrogen-bond acceptors (Lipinski definition) is 5. The minimum absolute atomic E-state index is 0.981. The van der Waals surface area contributed by atoms with Crippen molar-refractivity contribution in [1.82, 2.24) is 24.6 Å². The van der Waals surface area contributed by atoms with Crippen LogP contribution in [0, 0.1) is 0 Å². The molecule has 2 aliphatic heterocycles. The lowest BCUT2D eigenvalue weighted by Gasteiger charge is -2.31. The van der Waals surface area contributed by atoms with Crippen molar-refractivity contribution in [3.8, 4) is 0 Å². The summed E-state index contributed by atoms with van der Waals surface area (Å²) >= 11 is 0. The highest BCUT2D eigenvalue weighted by Gasteiger charge is 2.18. The van der Waals surface area contributed by atoms with Crippen molar-refractivity contribution in [3.05, 3.63) is 30.1 Å². The van der Waals surface area contributed by atoms with E-state index in [1.54, 1.807) is 0 Å². The Bertz CT molecular complexity index is 452. The highest BCUT2D eigenvalue weighted by atomic mass is 15.3. The van der Waals surface area contributed by atoms with Crippen LogP contribution in [0.3, 0.4) is 0 Å². The van der Waals surface area contributed by atoms with Gasteiger partial charge in [0.25, 0.3) is 0 Å². The van der Waals surface area contributed by atoms with Crippen LogP contribution in [0.25, 0.3) is 0 Å². The molecule has 1 aromatic heterocycles. The van der Waals surface area contributed by atoms with E-state index in [0.717, 1.165) is 13.1 Å². The fraction of sp³-hybridized carbons (Fsp3) is 0.722. The van der Waals surface area contributed by atoms with E-state index in [2.05, 4.69) is 43.8 Å². The first kappa shape index (κ1) is 16.8. The summed E-state index contributed by atoms with van der Waals surface area (Å²) in [5.74, 6) is 0. The third kappa shape index (κ3) is 5.53. The molecule has 5 nitrogen and oxygen atoms in total. The summed E-state index contributed by atoms with van der Waals surface area (Å²) in [4.78, 5) is 14.9. The molecule has 5 heteroatoms. The number of nitrogens with zero attached hydrogens (tertiary/aromatic N) is 5. The van der Waals surface area contributed by atoms with Crippen molar-refractivity contribution >= 4 is 0 Å². The molecule has 2 aliphatic rings. The molecule has 2 unspecified atom stereocenters. The van der Waals surface area contributed by atoms with E-state index in [9.17, 15) is 0 Å². The second-order valence-electron chi connectivity index (χ2n) is 6.94. The molecule has 2 bridgehead atoms. The molecule has 2 fully saturated rings. The van der Waals surface area contributed by atoms with Crippen LogP contribution in [0.15, 0.2) is 24.4 Å². The number of likely N-dealkylation sites (N-methyl/N-ethyl adjacent to an activating group) is 1. The van der Waals surface area contributed by atoms with Crippen LogP contribution >= 0.6 is 0 Å². The van der Waals surface area contributed by atoms with Crippen molar-refractivity contribution < 1.29 is 0 Å². The second kappa shape index (κ2) is 8.73. The maximum atomic E-state index is 4.50. The molecule has 0 aromatic carbocycles. The zero-order chi connectivity index (χ0) is 15.9. The highest BCUT2D eigenvalue weighted by molar-refractivity contribution is 5.03. The van der Waals surface area contributed by atoms with Crippen LogP contribution in [-0.2, 0) is 6.54 Å². The van der Waals surface area contributed by atoms with E-state index in [-0.39, 0.29) is 0 Å². The molecule has 23 heavy (non-hydrogen) atoms. The summed E-state index contributed by atoms with van der Waals surface area (Å²) in [7, 11) is 2.26. The number of hydrogen-bond donors (Lipinski definition) is 0. The SMILES string of the molecule is CN1CCN2CCCN(Cc3ccccn3)CCN(CC1)CC2. The van der Waals surface area contributed by atoms with Gasteiger partial charge in [-0.1, -0.05) is 6.07 Å². The fourth-order valence-corrected chi connectivity index (χ4v) is 3.48. The van der Waals surface area contributed by atoms with Gasteiger partial charge in [-0.25, -0.2) is 0 Å². The second-order valence-corrected chi connectivity index (χ2v) is 6.94. The molecular weight excluding hydrogens is 286 g/mol. The minimum Gasteiger partial charge on any atom is -0.304 e. The molecule has 0 spiro atoms. The Labute approximate surface area is 140 Å². The van der Waals surface area contributed by atoms with Gasteiger partial charge in [-0.3, -0.25) is 14.8 Å². The molecule has 0 amide bonds. The van der Waals surface area contributed by atoms with Gasteiger partial charge in [-0.15, -0.1) is 0 Å². The lowest BCUT2D eigenvalue weighted by Crippen LogP contribution is -2.43. The van der Waals surface area contributed by atoms with Crippen LogP contribution in [0.4, 0.5) is 0 Å². The van der Waals surface area contributed by atoms with Gasteiger partial charge in [-0.05, 0) is 38.7 Å². The Kier molecular flexibility index (Phi) is 6.39. The van der Waals surface area contributed by atoms with Gasteiger partial charge in [0, 0.05) is 65.1 Å². The van der Waals surface area contributed by atoms with E-state index >= 15 is 0 Å². The molecular formula is C18H31N5. The first-order valence-electron chi connectivity index (χ1n) is 9.05. The molecule has 0 aliphatic carbocycles. The highest BCUT2D eigenvalue weighted by Crippen LogP contribution is 2.07. The van der Waals surface area contributed by atoms with Gasteiger partial charge in [0.15, 0.2) is 0 Å². The number of pyridine rings is 1. The normalized spacial score (nSPS) is 28.7. The molecule has 0 radical (unpaired) electrons. The lowest BCUT2D eigenvalue weighted by molar-refractivity contribution is 0.154. The summed E-state index contributed by atoms with van der Waals surface area (Å²) in [6.45, 7) is 13.0. The first-order valence-corrected chi connectivity index (χ1v) is 9.05. The van der Waals surface area contributed by atoms with Gasteiger partial charge in [-0.2, -0.15) is 0 Å². The van der Waals surface area contributed by atoms with Crippen molar-refractivity contribution in [2.45, 2.75) is 13.0 Å². The molecule has 2 atom stereocenters. The Balaban J connectivity index is 1.62. The Morgan fingerprint density at radius 1 is 0.826 bits per heavy atom. The molecule has 2 saturated heterocycles. The number of fused-ring (bicyclic) bond motifs is 3. The van der Waals surface area contributed by atoms with Crippen molar-refractivity contribution in [2.24, 2.45) is 0 Å². The topological polar surface area (TPSA) is 25.9 Å². The van der Waals surface area contributed by atoms with Crippen LogP contribution < -0.4 is 0 Å². The summed E-state index contributed by atoms with van der Waals surface area (Å²) in [5, 5.41) is 0. The van der Waals surface area contributed by atoms with Crippen LogP contribution in [-0.4, -0.2) is 97.1 Å². The summed E-state index contributed by atoms with van der Waals surface area (Å²) < 4.78 is 0. The number of aromatic nitrogens is 1. The average molecular weight is 317 g/mol. The molecule has 3 rings (SSSR count). The Morgan fingerprint density at radius 3 is 2.26 bits per heavy atom. The average Bonchev–Trinajstić information content (AvgIpc) is 2.67. The minimum atomic E-state index is 0.981. The monoisotopic (exact) mass is 317 g/mol. The van der Waals surface area contributed by atoms with Gasteiger partial charge >= 0.3 is 0 Å². The molecule has 0 saturated carbocycles. The van der Waals surface area contributed by atoms with E-state index in [1.807, 2.05) is 12.3 Å². The van der Waals surface area contributed by atoms with Crippen LogP contribution in [0.5, 0.6) is 0 Å². The predicted octanol–water partition coefficient (Wildman–Crippen LogP) is 0.837. The Hall–Kier alpha value is -1.01. The number of rotatable bonds is 2. The maximum Gasteiger partial charge on any atom is 0.0543 e. The zero-order valence-corrected chi connectivity index (χ0v) is 14.5. The van der Waals surface area contributed by atoms with Gasteiger partial charge < -0.3 is 9.80 Å². The van der Waals surface area contributed by atoms with Crippen LogP contribution in [0.1, 0.15) is 12.1 Å². The summed E-state index contributed by atoms with van der Waals surface area (Å²) in [6.07, 6.45) is 3.17. The van der Waals surface area contributed by atoms with E-state index in [4.69, 9.17) is 0 Å². The third-order valence-corrected chi connectivity index (χ3v) is 5.12. The molecule has 3 heterocycles. The predicted molar refractivity (Wildman–Crippen MR) is 94.5 cm³/mol.